The minimum absolute atomic E-state index is 0.318. The van der Waals surface area contributed by atoms with Crippen molar-refractivity contribution in [3.63, 3.8) is 0 Å². The van der Waals surface area contributed by atoms with Crippen LogP contribution in [-0.2, 0) is 0 Å². The van der Waals surface area contributed by atoms with Crippen LogP contribution >= 0.6 is 0 Å². The fourth-order valence-corrected chi connectivity index (χ4v) is 0.613. The van der Waals surface area contributed by atoms with Crippen LogP contribution in [0.2, 0.25) is 0 Å². The normalized spacial score (nSPS) is 14.5. The lowest BCUT2D eigenvalue weighted by molar-refractivity contribution is -0.0621. The van der Waals surface area contributed by atoms with Gasteiger partial charge in [-0.2, -0.15) is 0 Å². The van der Waals surface area contributed by atoms with Crippen molar-refractivity contribution in [2.45, 2.75) is 24.9 Å². The van der Waals surface area contributed by atoms with Crippen molar-refractivity contribution in [1.82, 2.24) is 0 Å². The van der Waals surface area contributed by atoms with Gasteiger partial charge in [0.1, 0.15) is 0 Å². The Labute approximate surface area is 62.9 Å². The zero-order chi connectivity index (χ0) is 8.91. The van der Waals surface area contributed by atoms with E-state index in [2.05, 4.69) is 6.58 Å². The third kappa shape index (κ3) is 3.39. The second kappa shape index (κ2) is 4.36. The van der Waals surface area contributed by atoms with Crippen molar-refractivity contribution in [1.29, 1.82) is 0 Å². The molecule has 0 aliphatic rings. The van der Waals surface area contributed by atoms with Crippen molar-refractivity contribution in [2.24, 2.45) is 0 Å². The maximum atomic E-state index is 12.4. The Balaban J connectivity index is 3.87. The summed E-state index contributed by atoms with van der Waals surface area (Å²) in [4.78, 5) is 0. The Morgan fingerprint density at radius 1 is 1.45 bits per heavy atom. The van der Waals surface area contributed by atoms with E-state index in [-0.39, 0.29) is 6.42 Å². The Morgan fingerprint density at radius 2 is 2.00 bits per heavy atom. The molecular weight excluding hydrogens is 160 g/mol. The van der Waals surface area contributed by atoms with Gasteiger partial charge >= 0.3 is 0 Å². The summed E-state index contributed by atoms with van der Waals surface area (Å²) >= 11 is 0. The van der Waals surface area contributed by atoms with Crippen LogP contribution in [-0.4, -0.2) is 18.8 Å². The number of hydrogen-bond acceptors (Lipinski definition) is 0. The second-order valence-corrected chi connectivity index (χ2v) is 2.19. The van der Waals surface area contributed by atoms with Gasteiger partial charge in [-0.25, -0.2) is 13.2 Å². The average molecular weight is 170 g/mol. The van der Waals surface area contributed by atoms with Crippen LogP contribution in [0.5, 0.6) is 0 Å². The van der Waals surface area contributed by atoms with Crippen LogP contribution in [0.25, 0.3) is 0 Å². The van der Waals surface area contributed by atoms with E-state index in [1.807, 2.05) is 0 Å². The molecule has 0 aromatic rings. The number of hydrogen-bond donors (Lipinski definition) is 0. The van der Waals surface area contributed by atoms with E-state index in [0.29, 0.717) is 6.08 Å². The Bertz CT molecular complexity index is 122. The molecule has 0 saturated carbocycles. The lowest BCUT2D eigenvalue weighted by Crippen LogP contribution is -2.28. The van der Waals surface area contributed by atoms with Crippen molar-refractivity contribution < 1.29 is 17.6 Å². The van der Waals surface area contributed by atoms with Crippen LogP contribution in [0.3, 0.4) is 0 Å². The first kappa shape index (κ1) is 10.5. The minimum Gasteiger partial charge on any atom is -0.251 e. The topological polar surface area (TPSA) is 0 Å². The predicted molar refractivity (Wildman–Crippen MR) is 35.2 cm³/mol. The molecule has 4 heteroatoms. The van der Waals surface area contributed by atoms with Gasteiger partial charge in [0.2, 0.25) is 0 Å². The zero-order valence-corrected chi connectivity index (χ0v) is 5.99. The van der Waals surface area contributed by atoms with Gasteiger partial charge in [-0.15, -0.1) is 0 Å². The third-order valence-corrected chi connectivity index (χ3v) is 1.25. The number of allylic oxidation sites excluding steroid dienone is 1. The van der Waals surface area contributed by atoms with Crippen LogP contribution in [0, 0.1) is 0 Å². The van der Waals surface area contributed by atoms with Crippen LogP contribution in [0.15, 0.2) is 12.7 Å². The summed E-state index contributed by atoms with van der Waals surface area (Å²) in [6.07, 6.45) is -2.93. The molecule has 0 fully saturated rings. The quantitative estimate of drug-likeness (QED) is 0.439. The summed E-state index contributed by atoms with van der Waals surface area (Å²) in [6.45, 7) is 2.04. The highest BCUT2D eigenvalue weighted by atomic mass is 19.3. The van der Waals surface area contributed by atoms with E-state index in [1.165, 1.54) is 0 Å². The molecule has 0 rings (SSSR count). The Kier molecular flexibility index (Phi) is 4.15. The van der Waals surface area contributed by atoms with Crippen molar-refractivity contribution >= 4 is 0 Å². The highest BCUT2D eigenvalue weighted by Gasteiger charge is 2.37. The van der Waals surface area contributed by atoms with E-state index in [9.17, 15) is 17.6 Å². The first-order valence-electron chi connectivity index (χ1n) is 3.25. The first-order valence-corrected chi connectivity index (χ1v) is 3.25. The molecule has 0 aromatic carbocycles. The average Bonchev–Trinajstić information content (AvgIpc) is 1.99. The molecule has 0 N–H and O–H groups in total. The van der Waals surface area contributed by atoms with Crippen LogP contribution in [0.4, 0.5) is 17.6 Å². The highest BCUT2D eigenvalue weighted by molar-refractivity contribution is 4.90. The largest absolute Gasteiger partial charge is 0.282 e. The Hall–Kier alpha value is -0.540. The van der Waals surface area contributed by atoms with Crippen LogP contribution in [0.1, 0.15) is 12.8 Å². The summed E-state index contributed by atoms with van der Waals surface area (Å²) in [7, 11) is 0. The molecule has 0 aliphatic heterocycles. The van der Waals surface area contributed by atoms with Gasteiger partial charge in [0.25, 0.3) is 5.92 Å². The molecule has 11 heavy (non-hydrogen) atoms. The van der Waals surface area contributed by atoms with Crippen molar-refractivity contribution in [3.8, 4) is 0 Å². The van der Waals surface area contributed by atoms with Gasteiger partial charge in [0.15, 0.2) is 6.17 Å². The van der Waals surface area contributed by atoms with E-state index >= 15 is 0 Å². The minimum atomic E-state index is -3.46. The zero-order valence-electron chi connectivity index (χ0n) is 5.99. The smallest absolute Gasteiger partial charge is 0.251 e. The lowest BCUT2D eigenvalue weighted by atomic mass is 10.1. The summed E-state index contributed by atoms with van der Waals surface area (Å²) in [5.74, 6) is -3.46. The molecule has 66 valence electrons. The third-order valence-electron chi connectivity index (χ3n) is 1.25. The van der Waals surface area contributed by atoms with Gasteiger partial charge < -0.3 is 0 Å². The molecular formula is C7H10F4. The summed E-state index contributed by atoms with van der Waals surface area (Å²) in [5, 5.41) is 0. The standard InChI is InChI=1S/C7H10F4/c1-2-6(9)7(10,11)4-3-5-8/h2,6H,1,3-5H2. The molecule has 0 spiro atoms. The summed E-state index contributed by atoms with van der Waals surface area (Å²) < 4.78 is 48.4. The number of alkyl halides is 4. The predicted octanol–water partition coefficient (Wildman–Crippen LogP) is 2.90. The molecule has 0 heterocycles. The van der Waals surface area contributed by atoms with E-state index in [4.69, 9.17) is 0 Å². The first-order chi connectivity index (χ1) is 5.04. The molecule has 1 atom stereocenters. The molecule has 0 saturated heterocycles. The fraction of sp³-hybridized carbons (Fsp3) is 0.714. The van der Waals surface area contributed by atoms with E-state index < -0.39 is 25.2 Å². The van der Waals surface area contributed by atoms with Crippen molar-refractivity contribution in [3.05, 3.63) is 12.7 Å². The maximum absolute atomic E-state index is 12.4. The van der Waals surface area contributed by atoms with Gasteiger partial charge in [-0.3, -0.25) is 4.39 Å². The summed E-state index contributed by atoms with van der Waals surface area (Å²) in [5.41, 5.74) is 0. The van der Waals surface area contributed by atoms with Gasteiger partial charge in [-0.1, -0.05) is 12.7 Å². The van der Waals surface area contributed by atoms with E-state index in [1.54, 1.807) is 0 Å². The second-order valence-electron chi connectivity index (χ2n) is 2.19. The molecule has 0 amide bonds. The molecule has 0 nitrogen and oxygen atoms in total. The molecule has 0 radical (unpaired) electrons. The van der Waals surface area contributed by atoms with Gasteiger partial charge in [0, 0.05) is 6.42 Å². The van der Waals surface area contributed by atoms with Crippen LogP contribution < -0.4 is 0 Å². The molecule has 1 unspecified atom stereocenters. The SMILES string of the molecule is C=CC(F)C(F)(F)CCCF. The summed E-state index contributed by atoms with van der Waals surface area (Å²) in [6, 6.07) is 0. The highest BCUT2D eigenvalue weighted by Crippen LogP contribution is 2.27. The molecule has 0 aliphatic carbocycles. The lowest BCUT2D eigenvalue weighted by Gasteiger charge is -2.16. The van der Waals surface area contributed by atoms with E-state index in [0.717, 1.165) is 0 Å². The number of halogens is 4. The molecule has 0 bridgehead atoms. The fourth-order valence-electron chi connectivity index (χ4n) is 0.613. The monoisotopic (exact) mass is 170 g/mol. The van der Waals surface area contributed by atoms with Gasteiger partial charge in [-0.05, 0) is 6.42 Å². The molecule has 0 aromatic heterocycles. The Morgan fingerprint density at radius 3 is 2.36 bits per heavy atom. The van der Waals surface area contributed by atoms with Crippen molar-refractivity contribution in [2.75, 3.05) is 6.67 Å². The van der Waals surface area contributed by atoms with Gasteiger partial charge in [0.05, 0.1) is 6.67 Å². The maximum Gasteiger partial charge on any atom is 0.282 e. The number of rotatable bonds is 5.